The fraction of sp³-hybridized carbons (Fsp3) is 0.667. The summed E-state index contributed by atoms with van der Waals surface area (Å²) in [6.45, 7) is 12.8. The van der Waals surface area contributed by atoms with Gasteiger partial charge in [0.05, 0.1) is 11.6 Å². The van der Waals surface area contributed by atoms with Gasteiger partial charge in [0.1, 0.15) is 18.2 Å². The molecule has 5 heteroatoms. The van der Waals surface area contributed by atoms with Crippen molar-refractivity contribution in [3.63, 3.8) is 0 Å². The van der Waals surface area contributed by atoms with Crippen LogP contribution in [0.25, 0.3) is 0 Å². The zero-order valence-electron chi connectivity index (χ0n) is 18.7. The van der Waals surface area contributed by atoms with Crippen LogP contribution in [0.3, 0.4) is 0 Å². The number of ether oxygens (including phenoxy) is 1. The molecule has 0 unspecified atom stereocenters. The zero-order valence-corrected chi connectivity index (χ0v) is 19.5. The van der Waals surface area contributed by atoms with Gasteiger partial charge in [-0.25, -0.2) is 0 Å². The number of thiocarbonyl (C=S) groups is 1. The zero-order chi connectivity index (χ0) is 21.1. The number of aliphatic imine (C=N–C) groups is 1. The third-order valence-corrected chi connectivity index (χ3v) is 6.41. The van der Waals surface area contributed by atoms with E-state index in [1.165, 1.54) is 19.3 Å². The second-order valence-electron chi connectivity index (χ2n) is 10.0. The Bertz CT molecular complexity index is 717. The van der Waals surface area contributed by atoms with E-state index in [4.69, 9.17) is 21.9 Å². The summed E-state index contributed by atoms with van der Waals surface area (Å²) in [4.78, 5) is 7.73. The first kappa shape index (κ1) is 22.1. The lowest BCUT2D eigenvalue weighted by Gasteiger charge is -2.42. The van der Waals surface area contributed by atoms with Gasteiger partial charge in [-0.2, -0.15) is 0 Å². The molecule has 1 N–H and O–H groups in total. The number of para-hydroxylation sites is 1. The summed E-state index contributed by atoms with van der Waals surface area (Å²) >= 11 is 5.78. The predicted octanol–water partition coefficient (Wildman–Crippen LogP) is 5.43. The van der Waals surface area contributed by atoms with Gasteiger partial charge < -0.3 is 15.0 Å². The van der Waals surface area contributed by atoms with Crippen molar-refractivity contribution in [1.82, 2.24) is 10.2 Å². The third-order valence-electron chi connectivity index (χ3n) is 6.09. The Morgan fingerprint density at radius 2 is 1.79 bits per heavy atom. The maximum Gasteiger partial charge on any atom is 0.175 e. The van der Waals surface area contributed by atoms with E-state index in [1.807, 2.05) is 30.3 Å². The first-order chi connectivity index (χ1) is 13.7. The van der Waals surface area contributed by atoms with Crippen LogP contribution < -0.4 is 10.1 Å². The molecule has 1 aromatic carbocycles. The number of benzene rings is 1. The molecule has 1 aliphatic carbocycles. The van der Waals surface area contributed by atoms with Crippen molar-refractivity contribution in [1.29, 1.82) is 0 Å². The molecule has 0 bridgehead atoms. The molecule has 0 amide bonds. The van der Waals surface area contributed by atoms with Gasteiger partial charge >= 0.3 is 0 Å². The highest BCUT2D eigenvalue weighted by atomic mass is 32.1. The van der Waals surface area contributed by atoms with Crippen molar-refractivity contribution >= 4 is 23.2 Å². The SMILES string of the molecule is CC(C)CN1C(=S)NC(=N[C@@H](COc2ccccc2)C(C)(C)C)C12CCCCC2. The Labute approximate surface area is 182 Å². The van der Waals surface area contributed by atoms with Crippen LogP contribution in [0.5, 0.6) is 5.75 Å². The first-order valence-electron chi connectivity index (χ1n) is 11.1. The molecule has 2 fully saturated rings. The van der Waals surface area contributed by atoms with Crippen molar-refractivity contribution in [2.24, 2.45) is 16.3 Å². The van der Waals surface area contributed by atoms with E-state index in [0.29, 0.717) is 12.5 Å². The van der Waals surface area contributed by atoms with Gasteiger partial charge in [0.2, 0.25) is 0 Å². The van der Waals surface area contributed by atoms with E-state index in [1.54, 1.807) is 0 Å². The highest BCUT2D eigenvalue weighted by molar-refractivity contribution is 7.80. The van der Waals surface area contributed by atoms with Gasteiger partial charge in [-0.1, -0.05) is 72.1 Å². The first-order valence-corrected chi connectivity index (χ1v) is 11.5. The lowest BCUT2D eigenvalue weighted by atomic mass is 9.79. The Kier molecular flexibility index (Phi) is 6.87. The number of nitrogens with zero attached hydrogens (tertiary/aromatic N) is 2. The average Bonchev–Trinajstić information content (AvgIpc) is 2.90. The minimum absolute atomic E-state index is 0.00754. The molecule has 1 aromatic rings. The standard InChI is InChI=1S/C24H37N3OS/c1-18(2)16-27-22(29)26-21(24(27)14-10-7-11-15-24)25-20(23(3,4)5)17-28-19-12-8-6-9-13-19/h6,8-9,12-13,18,20H,7,10-11,14-17H2,1-5H3,(H,25,26,29)/t20-/m0/s1. The molecular formula is C24H37N3OS. The maximum atomic E-state index is 6.12. The van der Waals surface area contributed by atoms with Crippen LogP contribution in [0.2, 0.25) is 0 Å². The van der Waals surface area contributed by atoms with Crippen LogP contribution >= 0.6 is 12.2 Å². The fourth-order valence-corrected chi connectivity index (χ4v) is 4.70. The van der Waals surface area contributed by atoms with E-state index in [9.17, 15) is 0 Å². The Morgan fingerprint density at radius 3 is 2.38 bits per heavy atom. The van der Waals surface area contributed by atoms with Gasteiger partial charge in [-0.15, -0.1) is 0 Å². The van der Waals surface area contributed by atoms with Crippen molar-refractivity contribution in [3.05, 3.63) is 30.3 Å². The average molecular weight is 416 g/mol. The van der Waals surface area contributed by atoms with Crippen LogP contribution in [0.4, 0.5) is 0 Å². The van der Waals surface area contributed by atoms with Gasteiger partial charge in [0.25, 0.3) is 0 Å². The minimum Gasteiger partial charge on any atom is -0.491 e. The second kappa shape index (κ2) is 9.03. The van der Waals surface area contributed by atoms with E-state index in [-0.39, 0.29) is 17.0 Å². The summed E-state index contributed by atoms with van der Waals surface area (Å²) in [5.74, 6) is 2.53. The molecule has 2 aliphatic rings. The van der Waals surface area contributed by atoms with Gasteiger partial charge in [0, 0.05) is 6.54 Å². The van der Waals surface area contributed by atoms with E-state index in [0.717, 1.165) is 36.1 Å². The topological polar surface area (TPSA) is 36.9 Å². The monoisotopic (exact) mass is 415 g/mol. The van der Waals surface area contributed by atoms with Gasteiger partial charge in [-0.05, 0) is 48.5 Å². The van der Waals surface area contributed by atoms with E-state index >= 15 is 0 Å². The van der Waals surface area contributed by atoms with Gasteiger partial charge in [-0.3, -0.25) is 4.99 Å². The maximum absolute atomic E-state index is 6.12. The molecule has 160 valence electrons. The van der Waals surface area contributed by atoms with Crippen LogP contribution in [0.15, 0.2) is 35.3 Å². The lowest BCUT2D eigenvalue weighted by molar-refractivity contribution is 0.178. The highest BCUT2D eigenvalue weighted by Crippen LogP contribution is 2.39. The van der Waals surface area contributed by atoms with Crippen LogP contribution in [-0.2, 0) is 0 Å². The fourth-order valence-electron chi connectivity index (χ4n) is 4.35. The van der Waals surface area contributed by atoms with Crippen LogP contribution in [-0.4, -0.2) is 40.6 Å². The molecule has 0 aromatic heterocycles. The number of rotatable bonds is 6. The molecule has 1 saturated carbocycles. The summed E-state index contributed by atoms with van der Waals surface area (Å²) < 4.78 is 6.12. The summed E-state index contributed by atoms with van der Waals surface area (Å²) in [6.07, 6.45) is 6.03. The molecule has 1 spiro atoms. The normalized spacial score (nSPS) is 21.7. The molecule has 1 heterocycles. The molecule has 0 radical (unpaired) electrons. The third kappa shape index (κ3) is 5.11. The number of hydrogen-bond donors (Lipinski definition) is 1. The summed E-state index contributed by atoms with van der Waals surface area (Å²) in [5, 5.41) is 4.37. The molecular weight excluding hydrogens is 378 g/mol. The molecule has 29 heavy (non-hydrogen) atoms. The molecule has 3 rings (SSSR count). The Balaban J connectivity index is 1.89. The number of amidine groups is 1. The van der Waals surface area contributed by atoms with E-state index < -0.39 is 0 Å². The molecule has 1 atom stereocenters. The second-order valence-corrected chi connectivity index (χ2v) is 10.4. The van der Waals surface area contributed by atoms with Gasteiger partial charge in [0.15, 0.2) is 5.11 Å². The van der Waals surface area contributed by atoms with Crippen LogP contribution in [0.1, 0.15) is 66.7 Å². The number of hydrogen-bond acceptors (Lipinski definition) is 3. The smallest absolute Gasteiger partial charge is 0.175 e. The summed E-state index contributed by atoms with van der Waals surface area (Å²) in [6, 6.07) is 10.1. The largest absolute Gasteiger partial charge is 0.491 e. The van der Waals surface area contributed by atoms with Crippen molar-refractivity contribution in [3.8, 4) is 5.75 Å². The lowest BCUT2D eigenvalue weighted by Crippen LogP contribution is -2.52. The van der Waals surface area contributed by atoms with Crippen molar-refractivity contribution < 1.29 is 4.74 Å². The molecule has 1 aliphatic heterocycles. The van der Waals surface area contributed by atoms with E-state index in [2.05, 4.69) is 44.8 Å². The molecule has 4 nitrogen and oxygen atoms in total. The minimum atomic E-state index is -0.0597. The van der Waals surface area contributed by atoms with Crippen molar-refractivity contribution in [2.75, 3.05) is 13.2 Å². The summed E-state index contributed by atoms with van der Waals surface area (Å²) in [5.41, 5.74) is -0.0672. The Morgan fingerprint density at radius 1 is 1.14 bits per heavy atom. The Hall–Kier alpha value is -1.62. The number of nitrogens with one attached hydrogen (secondary N) is 1. The van der Waals surface area contributed by atoms with Crippen molar-refractivity contribution in [2.45, 2.75) is 78.3 Å². The highest BCUT2D eigenvalue weighted by Gasteiger charge is 2.49. The predicted molar refractivity (Wildman–Crippen MR) is 126 cm³/mol. The quantitative estimate of drug-likeness (QED) is 0.629. The molecule has 1 saturated heterocycles. The van der Waals surface area contributed by atoms with Crippen LogP contribution in [0, 0.1) is 11.3 Å². The summed E-state index contributed by atoms with van der Waals surface area (Å²) in [7, 11) is 0.